The van der Waals surface area contributed by atoms with Crippen LogP contribution >= 0.6 is 0 Å². The van der Waals surface area contributed by atoms with Gasteiger partial charge in [0.05, 0.1) is 12.5 Å². The number of H-pyrrole nitrogens is 1. The van der Waals surface area contributed by atoms with Crippen LogP contribution in [0.4, 0.5) is 0 Å². The van der Waals surface area contributed by atoms with Crippen LogP contribution in [0.25, 0.3) is 0 Å². The Labute approximate surface area is 98.7 Å². The summed E-state index contributed by atoms with van der Waals surface area (Å²) in [7, 11) is 0. The second kappa shape index (κ2) is 4.99. The molecule has 6 nitrogen and oxygen atoms in total. The fraction of sp³-hybridized carbons (Fsp3) is 0.545. The van der Waals surface area contributed by atoms with Crippen molar-refractivity contribution in [2.24, 2.45) is 5.92 Å². The van der Waals surface area contributed by atoms with Crippen LogP contribution in [0.2, 0.25) is 0 Å². The fourth-order valence-corrected chi connectivity index (χ4v) is 2.12. The average Bonchev–Trinajstić information content (AvgIpc) is 2.97. The standard InChI is InChI=1S/C11H15N3O3/c15-10(16)2-1-8-3-4-14(6-8)11(17)9-5-12-7-13-9/h5,7-8H,1-4,6H2,(H,12,13)(H,15,16). The van der Waals surface area contributed by atoms with Crippen LogP contribution in [-0.4, -0.2) is 44.9 Å². The molecule has 2 rings (SSSR count). The van der Waals surface area contributed by atoms with Crippen molar-refractivity contribution >= 4 is 11.9 Å². The van der Waals surface area contributed by atoms with E-state index in [1.54, 1.807) is 4.90 Å². The van der Waals surface area contributed by atoms with Gasteiger partial charge in [0.15, 0.2) is 0 Å². The molecule has 0 aromatic carbocycles. The van der Waals surface area contributed by atoms with E-state index in [1.165, 1.54) is 12.5 Å². The maximum Gasteiger partial charge on any atom is 0.303 e. The van der Waals surface area contributed by atoms with Gasteiger partial charge < -0.3 is 15.0 Å². The van der Waals surface area contributed by atoms with Gasteiger partial charge in [0.1, 0.15) is 5.69 Å². The second-order valence-electron chi connectivity index (χ2n) is 4.30. The Kier molecular flexibility index (Phi) is 3.41. The number of aromatic amines is 1. The molecule has 1 amide bonds. The van der Waals surface area contributed by atoms with E-state index in [0.717, 1.165) is 6.42 Å². The molecule has 1 atom stereocenters. The van der Waals surface area contributed by atoms with Crippen molar-refractivity contribution in [3.8, 4) is 0 Å². The number of amides is 1. The number of imidazole rings is 1. The normalized spacial score (nSPS) is 19.5. The van der Waals surface area contributed by atoms with Crippen LogP contribution in [-0.2, 0) is 4.79 Å². The number of nitrogens with one attached hydrogen (secondary N) is 1. The molecule has 1 saturated heterocycles. The Morgan fingerprint density at radius 3 is 3.06 bits per heavy atom. The number of carbonyl (C=O) groups is 2. The van der Waals surface area contributed by atoms with Crippen LogP contribution < -0.4 is 0 Å². The molecule has 1 unspecified atom stereocenters. The van der Waals surface area contributed by atoms with Crippen molar-refractivity contribution in [1.29, 1.82) is 0 Å². The van der Waals surface area contributed by atoms with Crippen LogP contribution in [0.15, 0.2) is 12.5 Å². The minimum atomic E-state index is -0.775. The molecule has 6 heteroatoms. The number of likely N-dealkylation sites (tertiary alicyclic amines) is 1. The summed E-state index contributed by atoms with van der Waals surface area (Å²) in [5, 5.41) is 8.61. The van der Waals surface area contributed by atoms with E-state index in [2.05, 4.69) is 9.97 Å². The van der Waals surface area contributed by atoms with Crippen molar-refractivity contribution < 1.29 is 14.7 Å². The number of nitrogens with zero attached hydrogens (tertiary/aromatic N) is 2. The molecule has 0 radical (unpaired) electrons. The smallest absolute Gasteiger partial charge is 0.303 e. The summed E-state index contributed by atoms with van der Waals surface area (Å²) < 4.78 is 0. The molecule has 17 heavy (non-hydrogen) atoms. The highest BCUT2D eigenvalue weighted by Crippen LogP contribution is 2.22. The van der Waals surface area contributed by atoms with E-state index in [9.17, 15) is 9.59 Å². The van der Waals surface area contributed by atoms with Crippen molar-refractivity contribution in [3.63, 3.8) is 0 Å². The quantitative estimate of drug-likeness (QED) is 0.808. The number of carbonyl (C=O) groups excluding carboxylic acids is 1. The number of hydrogen-bond donors (Lipinski definition) is 2. The maximum absolute atomic E-state index is 11.9. The van der Waals surface area contributed by atoms with Crippen LogP contribution in [0, 0.1) is 5.92 Å². The van der Waals surface area contributed by atoms with E-state index in [4.69, 9.17) is 5.11 Å². The van der Waals surface area contributed by atoms with Gasteiger partial charge in [-0.1, -0.05) is 0 Å². The molecule has 1 aliphatic rings. The molecule has 1 aromatic rings. The number of carboxylic acids is 1. The molecular formula is C11H15N3O3. The Bertz CT molecular complexity index is 402. The lowest BCUT2D eigenvalue weighted by molar-refractivity contribution is -0.137. The first kappa shape index (κ1) is 11.6. The van der Waals surface area contributed by atoms with Crippen molar-refractivity contribution in [2.75, 3.05) is 13.1 Å². The molecule has 2 N–H and O–H groups in total. The van der Waals surface area contributed by atoms with Crippen molar-refractivity contribution in [2.45, 2.75) is 19.3 Å². The summed E-state index contributed by atoms with van der Waals surface area (Å²) in [4.78, 5) is 30.7. The van der Waals surface area contributed by atoms with E-state index < -0.39 is 5.97 Å². The fourth-order valence-electron chi connectivity index (χ4n) is 2.12. The molecule has 1 aliphatic heterocycles. The second-order valence-corrected chi connectivity index (χ2v) is 4.30. The van der Waals surface area contributed by atoms with Gasteiger partial charge in [0, 0.05) is 19.5 Å². The molecule has 1 aromatic heterocycles. The average molecular weight is 237 g/mol. The zero-order valence-corrected chi connectivity index (χ0v) is 9.43. The van der Waals surface area contributed by atoms with E-state index in [-0.39, 0.29) is 12.3 Å². The third-order valence-corrected chi connectivity index (χ3v) is 3.07. The predicted molar refractivity (Wildman–Crippen MR) is 59.5 cm³/mol. The van der Waals surface area contributed by atoms with Crippen LogP contribution in [0.1, 0.15) is 29.8 Å². The van der Waals surface area contributed by atoms with Crippen molar-refractivity contribution in [1.82, 2.24) is 14.9 Å². The van der Waals surface area contributed by atoms with Crippen LogP contribution in [0.3, 0.4) is 0 Å². The van der Waals surface area contributed by atoms with Gasteiger partial charge in [-0.15, -0.1) is 0 Å². The number of rotatable bonds is 4. The molecule has 0 spiro atoms. The summed E-state index contributed by atoms with van der Waals surface area (Å²) in [5.41, 5.74) is 0.490. The number of aliphatic carboxylic acids is 1. The van der Waals surface area contributed by atoms with E-state index in [1.807, 2.05) is 0 Å². The first-order chi connectivity index (χ1) is 8.16. The first-order valence-electron chi connectivity index (χ1n) is 5.66. The summed E-state index contributed by atoms with van der Waals surface area (Å²) >= 11 is 0. The van der Waals surface area contributed by atoms with Gasteiger partial charge in [0.2, 0.25) is 0 Å². The van der Waals surface area contributed by atoms with Gasteiger partial charge in [-0.3, -0.25) is 9.59 Å². The maximum atomic E-state index is 11.9. The van der Waals surface area contributed by atoms with Gasteiger partial charge in [0.25, 0.3) is 5.91 Å². The highest BCUT2D eigenvalue weighted by atomic mass is 16.4. The third-order valence-electron chi connectivity index (χ3n) is 3.07. The monoisotopic (exact) mass is 237 g/mol. The summed E-state index contributed by atoms with van der Waals surface area (Å²) in [6.45, 7) is 1.34. The van der Waals surface area contributed by atoms with Crippen LogP contribution in [0.5, 0.6) is 0 Å². The number of carboxylic acid groups (broad SMARTS) is 1. The molecule has 0 bridgehead atoms. The lowest BCUT2D eigenvalue weighted by Gasteiger charge is -2.15. The highest BCUT2D eigenvalue weighted by molar-refractivity contribution is 5.92. The third kappa shape index (κ3) is 2.83. The molecular weight excluding hydrogens is 222 g/mol. The SMILES string of the molecule is O=C(O)CCC1CCN(C(=O)c2cnc[nH]2)C1. The lowest BCUT2D eigenvalue weighted by atomic mass is 10.0. The summed E-state index contributed by atoms with van der Waals surface area (Å²) in [6, 6.07) is 0. The number of aromatic nitrogens is 2. The van der Waals surface area contributed by atoms with Crippen molar-refractivity contribution in [3.05, 3.63) is 18.2 Å². The highest BCUT2D eigenvalue weighted by Gasteiger charge is 2.27. The van der Waals surface area contributed by atoms with Gasteiger partial charge in [-0.2, -0.15) is 0 Å². The van der Waals surface area contributed by atoms with Gasteiger partial charge in [-0.25, -0.2) is 4.98 Å². The molecule has 0 aliphatic carbocycles. The van der Waals surface area contributed by atoms with Gasteiger partial charge in [-0.05, 0) is 18.8 Å². The Morgan fingerprint density at radius 1 is 1.59 bits per heavy atom. The Hall–Kier alpha value is -1.85. The summed E-state index contributed by atoms with van der Waals surface area (Å²) in [5.74, 6) is -0.526. The predicted octanol–water partition coefficient (Wildman–Crippen LogP) is 0.737. The first-order valence-corrected chi connectivity index (χ1v) is 5.66. The van der Waals surface area contributed by atoms with E-state index >= 15 is 0 Å². The zero-order chi connectivity index (χ0) is 12.3. The summed E-state index contributed by atoms with van der Waals surface area (Å²) in [6.07, 6.45) is 4.68. The topological polar surface area (TPSA) is 86.3 Å². The minimum absolute atomic E-state index is 0.0553. The molecule has 1 fully saturated rings. The Morgan fingerprint density at radius 2 is 2.41 bits per heavy atom. The molecule has 2 heterocycles. The minimum Gasteiger partial charge on any atom is -0.481 e. The molecule has 0 saturated carbocycles. The largest absolute Gasteiger partial charge is 0.481 e. The van der Waals surface area contributed by atoms with E-state index in [0.29, 0.717) is 31.1 Å². The lowest BCUT2D eigenvalue weighted by Crippen LogP contribution is -2.29. The molecule has 92 valence electrons. The van der Waals surface area contributed by atoms with Gasteiger partial charge >= 0.3 is 5.97 Å². The Balaban J connectivity index is 1.85. The zero-order valence-electron chi connectivity index (χ0n) is 9.43. The number of hydrogen-bond acceptors (Lipinski definition) is 3.